The highest BCUT2D eigenvalue weighted by Crippen LogP contribution is 2.25. The average Bonchev–Trinajstić information content (AvgIpc) is 2.95. The minimum Gasteiger partial charge on any atom is -0.337 e. The van der Waals surface area contributed by atoms with E-state index in [-0.39, 0.29) is 11.5 Å². The number of nitrogens with zero attached hydrogens (tertiary/aromatic N) is 3. The Morgan fingerprint density at radius 2 is 2.05 bits per heavy atom. The molecule has 2 rings (SSSR count). The second-order valence-electron chi connectivity index (χ2n) is 6.82. The van der Waals surface area contributed by atoms with Gasteiger partial charge in [0.2, 0.25) is 15.9 Å². The van der Waals surface area contributed by atoms with Crippen molar-refractivity contribution in [3.8, 4) is 0 Å². The molecule has 1 aliphatic heterocycles. The third kappa shape index (κ3) is 3.74. The molecule has 0 amide bonds. The second kappa shape index (κ2) is 5.57. The Kier molecular flexibility index (Phi) is 4.30. The van der Waals surface area contributed by atoms with Crippen LogP contribution in [-0.4, -0.2) is 42.9 Å². The van der Waals surface area contributed by atoms with Gasteiger partial charge in [0.25, 0.3) is 5.95 Å². The molecule has 1 fully saturated rings. The van der Waals surface area contributed by atoms with E-state index in [1.54, 1.807) is 0 Å². The van der Waals surface area contributed by atoms with Gasteiger partial charge in [0.15, 0.2) is 0 Å². The number of hydrogen-bond donors (Lipinski definition) is 1. The third-order valence-corrected chi connectivity index (χ3v) is 5.39. The summed E-state index contributed by atoms with van der Waals surface area (Å²) in [4.78, 5) is 6.24. The Balaban J connectivity index is 2.08. The minimum absolute atomic E-state index is 0.0956. The van der Waals surface area contributed by atoms with E-state index >= 15 is 0 Å². The lowest BCUT2D eigenvalue weighted by Crippen LogP contribution is -2.39. The molecule has 1 atom stereocenters. The second-order valence-corrected chi connectivity index (χ2v) is 8.82. The van der Waals surface area contributed by atoms with E-state index in [2.05, 4.69) is 14.9 Å². The van der Waals surface area contributed by atoms with Gasteiger partial charge < -0.3 is 9.42 Å². The van der Waals surface area contributed by atoms with Crippen LogP contribution >= 0.6 is 0 Å². The lowest BCUT2D eigenvalue weighted by molar-refractivity contribution is 0.320. The van der Waals surface area contributed by atoms with Gasteiger partial charge in [-0.2, -0.15) is 4.98 Å². The summed E-state index contributed by atoms with van der Waals surface area (Å²) in [7, 11) is -3.30. The summed E-state index contributed by atoms with van der Waals surface area (Å²) in [5.74, 6) is 1.03. The lowest BCUT2D eigenvalue weighted by Gasteiger charge is -2.16. The molecule has 7 nitrogen and oxygen atoms in total. The van der Waals surface area contributed by atoms with Crippen LogP contribution in [0.5, 0.6) is 0 Å². The Morgan fingerprint density at radius 1 is 1.38 bits per heavy atom. The number of hydrogen-bond acceptors (Lipinski definition) is 6. The zero-order valence-electron chi connectivity index (χ0n) is 13.3. The zero-order chi connectivity index (χ0) is 15.8. The van der Waals surface area contributed by atoms with Gasteiger partial charge in [-0.15, -0.1) is 0 Å². The van der Waals surface area contributed by atoms with Gasteiger partial charge >= 0.3 is 0 Å². The molecule has 0 saturated carbocycles. The molecule has 21 heavy (non-hydrogen) atoms. The number of aromatic nitrogens is 2. The molecule has 1 aromatic heterocycles. The lowest BCUT2D eigenvalue weighted by atomic mass is 9.97. The van der Waals surface area contributed by atoms with Crippen molar-refractivity contribution in [3.05, 3.63) is 5.89 Å². The summed E-state index contributed by atoms with van der Waals surface area (Å²) in [5.41, 5.74) is -0.213. The van der Waals surface area contributed by atoms with Crippen LogP contribution in [0.3, 0.4) is 0 Å². The minimum atomic E-state index is -3.30. The third-order valence-electron chi connectivity index (χ3n) is 3.32. The summed E-state index contributed by atoms with van der Waals surface area (Å²) < 4.78 is 32.3. The normalized spacial score (nSPS) is 20.5. The van der Waals surface area contributed by atoms with Crippen molar-refractivity contribution in [3.63, 3.8) is 0 Å². The summed E-state index contributed by atoms with van der Waals surface area (Å²) >= 11 is 0. The fourth-order valence-corrected chi connectivity index (χ4v) is 3.88. The van der Waals surface area contributed by atoms with Crippen LogP contribution in [0.25, 0.3) is 0 Å². The zero-order valence-corrected chi connectivity index (χ0v) is 14.1. The molecular formula is C13H24N4O3S. The monoisotopic (exact) mass is 316 g/mol. The highest BCUT2D eigenvalue weighted by Gasteiger charge is 2.35. The maximum absolute atomic E-state index is 12.2. The van der Waals surface area contributed by atoms with Crippen LogP contribution in [0.4, 0.5) is 5.95 Å². The van der Waals surface area contributed by atoms with Gasteiger partial charge in [-0.1, -0.05) is 20.8 Å². The van der Waals surface area contributed by atoms with Crippen LogP contribution in [-0.2, 0) is 15.4 Å². The molecule has 1 aromatic rings. The van der Waals surface area contributed by atoms with Crippen molar-refractivity contribution >= 4 is 16.0 Å². The van der Waals surface area contributed by atoms with Gasteiger partial charge in [-0.3, -0.25) is 0 Å². The molecule has 120 valence electrons. The Labute approximate surface area is 126 Å². The maximum Gasteiger partial charge on any atom is 0.266 e. The molecule has 0 spiro atoms. The number of rotatable bonds is 4. The Bertz CT molecular complexity index is 589. The van der Waals surface area contributed by atoms with Crippen molar-refractivity contribution in [2.45, 2.75) is 57.7 Å². The molecular weight excluding hydrogens is 292 g/mol. The molecule has 0 aromatic carbocycles. The highest BCUT2D eigenvalue weighted by molar-refractivity contribution is 7.90. The average molecular weight is 316 g/mol. The molecule has 0 unspecified atom stereocenters. The molecule has 0 radical (unpaired) electrons. The van der Waals surface area contributed by atoms with Crippen molar-refractivity contribution in [1.29, 1.82) is 0 Å². The van der Waals surface area contributed by atoms with Gasteiger partial charge in [0.05, 0.1) is 5.25 Å². The highest BCUT2D eigenvalue weighted by atomic mass is 32.2. The largest absolute Gasteiger partial charge is 0.337 e. The number of anilines is 1. The van der Waals surface area contributed by atoms with Gasteiger partial charge in [0, 0.05) is 24.5 Å². The fourth-order valence-electron chi connectivity index (χ4n) is 2.24. The maximum atomic E-state index is 12.2. The first-order valence-corrected chi connectivity index (χ1v) is 8.74. The van der Waals surface area contributed by atoms with E-state index in [9.17, 15) is 8.42 Å². The van der Waals surface area contributed by atoms with E-state index in [1.807, 2.05) is 39.5 Å². The van der Waals surface area contributed by atoms with E-state index in [4.69, 9.17) is 4.52 Å². The van der Waals surface area contributed by atoms with Crippen LogP contribution < -0.4 is 9.62 Å². The van der Waals surface area contributed by atoms with Crippen LogP contribution in [0.15, 0.2) is 4.52 Å². The smallest absolute Gasteiger partial charge is 0.266 e. The van der Waals surface area contributed by atoms with Crippen LogP contribution in [0.2, 0.25) is 0 Å². The Hall–Kier alpha value is -1.15. The summed E-state index contributed by atoms with van der Waals surface area (Å²) in [6.45, 7) is 10.6. The van der Waals surface area contributed by atoms with Crippen molar-refractivity contribution in [2.75, 3.05) is 18.0 Å². The molecule has 1 saturated heterocycles. The molecule has 0 bridgehead atoms. The molecule has 2 heterocycles. The van der Waals surface area contributed by atoms with Crippen molar-refractivity contribution in [1.82, 2.24) is 14.9 Å². The summed E-state index contributed by atoms with van der Waals surface area (Å²) in [5, 5.41) is 3.53. The molecule has 0 aliphatic carbocycles. The Morgan fingerprint density at radius 3 is 2.57 bits per heavy atom. The van der Waals surface area contributed by atoms with Gasteiger partial charge in [-0.25, -0.2) is 13.1 Å². The number of sulfonamides is 1. The van der Waals surface area contributed by atoms with Crippen LogP contribution in [0, 0.1) is 0 Å². The van der Waals surface area contributed by atoms with E-state index in [1.165, 1.54) is 0 Å². The summed E-state index contributed by atoms with van der Waals surface area (Å²) in [6.07, 6.45) is 0.571. The van der Waals surface area contributed by atoms with E-state index in [0.717, 1.165) is 0 Å². The predicted molar refractivity (Wildman–Crippen MR) is 80.8 cm³/mol. The van der Waals surface area contributed by atoms with Gasteiger partial charge in [-0.05, 0) is 25.4 Å². The standard InChI is InChI=1S/C13H24N4O3S/c1-9(2)16-21(18,19)10-6-7-17(8-10)12-14-11(20-15-12)13(3,4)5/h9-10,16H,6-8H2,1-5H3/t10-/m0/s1. The van der Waals surface area contributed by atoms with E-state index in [0.29, 0.717) is 31.3 Å². The topological polar surface area (TPSA) is 88.3 Å². The van der Waals surface area contributed by atoms with Crippen molar-refractivity contribution in [2.24, 2.45) is 0 Å². The first-order chi connectivity index (χ1) is 9.59. The van der Waals surface area contributed by atoms with Crippen molar-refractivity contribution < 1.29 is 12.9 Å². The molecule has 1 N–H and O–H groups in total. The van der Waals surface area contributed by atoms with Crippen LogP contribution in [0.1, 0.15) is 46.9 Å². The van der Waals surface area contributed by atoms with Gasteiger partial charge in [0.1, 0.15) is 0 Å². The quantitative estimate of drug-likeness (QED) is 0.900. The first kappa shape index (κ1) is 16.2. The van der Waals surface area contributed by atoms with E-state index < -0.39 is 15.3 Å². The first-order valence-electron chi connectivity index (χ1n) is 7.20. The SMILES string of the molecule is CC(C)NS(=O)(=O)[C@H]1CCN(c2noc(C(C)(C)C)n2)C1. The molecule has 8 heteroatoms. The number of nitrogens with one attached hydrogen (secondary N) is 1. The molecule has 1 aliphatic rings. The predicted octanol–water partition coefficient (Wildman–Crippen LogP) is 1.27. The summed E-state index contributed by atoms with van der Waals surface area (Å²) in [6, 6.07) is -0.0956. The fraction of sp³-hybridized carbons (Fsp3) is 0.846.